The van der Waals surface area contributed by atoms with Crippen LogP contribution in [0.15, 0.2) is 42.5 Å². The van der Waals surface area contributed by atoms with Crippen LogP contribution in [-0.2, 0) is 7.05 Å². The van der Waals surface area contributed by atoms with Crippen molar-refractivity contribution in [3.8, 4) is 0 Å². The Bertz CT molecular complexity index is 982. The van der Waals surface area contributed by atoms with Crippen molar-refractivity contribution in [2.45, 2.75) is 18.8 Å². The lowest BCUT2D eigenvalue weighted by atomic mass is 9.96. The van der Waals surface area contributed by atoms with Crippen LogP contribution >= 0.6 is 0 Å². The first-order valence-electron chi connectivity index (χ1n) is 8.70. The lowest BCUT2D eigenvalue weighted by Gasteiger charge is -2.32. The Labute approximate surface area is 150 Å². The summed E-state index contributed by atoms with van der Waals surface area (Å²) in [7, 11) is 1.99. The van der Waals surface area contributed by atoms with Crippen LogP contribution in [0.4, 0.5) is 8.78 Å². The molecule has 6 heteroatoms. The first kappa shape index (κ1) is 16.7. The van der Waals surface area contributed by atoms with Crippen LogP contribution in [0.2, 0.25) is 0 Å². The highest BCUT2D eigenvalue weighted by Gasteiger charge is 2.28. The molecule has 1 aromatic heterocycles. The molecule has 0 N–H and O–H groups in total. The molecule has 0 spiro atoms. The van der Waals surface area contributed by atoms with Gasteiger partial charge in [0.05, 0.1) is 11.0 Å². The van der Waals surface area contributed by atoms with Gasteiger partial charge in [0.2, 0.25) is 0 Å². The standard InChI is InChI=1S/C20H19F2N3O/c1-24-18-7-3-2-6-17(18)23-19(24)14-5-4-10-25(12-14)20(26)13-8-9-15(21)16(22)11-13/h2-3,6-9,11,14H,4-5,10,12H2,1H3. The summed E-state index contributed by atoms with van der Waals surface area (Å²) in [4.78, 5) is 19.2. The van der Waals surface area contributed by atoms with Crippen LogP contribution in [0.3, 0.4) is 0 Å². The van der Waals surface area contributed by atoms with Crippen molar-refractivity contribution in [3.05, 3.63) is 65.5 Å². The first-order chi connectivity index (χ1) is 12.5. The van der Waals surface area contributed by atoms with Gasteiger partial charge >= 0.3 is 0 Å². The van der Waals surface area contributed by atoms with E-state index in [2.05, 4.69) is 4.57 Å². The van der Waals surface area contributed by atoms with Gasteiger partial charge in [0.25, 0.3) is 5.91 Å². The molecular weight excluding hydrogens is 336 g/mol. The van der Waals surface area contributed by atoms with E-state index in [1.54, 1.807) is 4.90 Å². The summed E-state index contributed by atoms with van der Waals surface area (Å²) in [6.45, 7) is 1.13. The van der Waals surface area contributed by atoms with E-state index in [1.807, 2.05) is 31.3 Å². The van der Waals surface area contributed by atoms with Crippen molar-refractivity contribution in [1.29, 1.82) is 0 Å². The lowest BCUT2D eigenvalue weighted by molar-refractivity contribution is 0.0703. The molecule has 1 saturated heterocycles. The number of para-hydroxylation sites is 2. The zero-order valence-corrected chi connectivity index (χ0v) is 14.5. The number of amides is 1. The van der Waals surface area contributed by atoms with E-state index in [0.717, 1.165) is 41.8 Å². The van der Waals surface area contributed by atoms with Crippen LogP contribution < -0.4 is 0 Å². The maximum absolute atomic E-state index is 13.5. The number of likely N-dealkylation sites (tertiary alicyclic amines) is 1. The minimum atomic E-state index is -1.00. The molecule has 1 unspecified atom stereocenters. The van der Waals surface area contributed by atoms with Crippen molar-refractivity contribution < 1.29 is 13.6 Å². The molecule has 1 atom stereocenters. The second-order valence-electron chi connectivity index (χ2n) is 6.74. The fraction of sp³-hybridized carbons (Fsp3) is 0.300. The zero-order chi connectivity index (χ0) is 18.3. The summed E-state index contributed by atoms with van der Waals surface area (Å²) in [5, 5.41) is 0. The van der Waals surface area contributed by atoms with Crippen molar-refractivity contribution in [2.24, 2.45) is 7.05 Å². The van der Waals surface area contributed by atoms with Gasteiger partial charge in [0.15, 0.2) is 11.6 Å². The second kappa shape index (κ2) is 6.52. The molecule has 4 nitrogen and oxygen atoms in total. The number of imidazole rings is 1. The highest BCUT2D eigenvalue weighted by molar-refractivity contribution is 5.94. The quantitative estimate of drug-likeness (QED) is 0.700. The number of aromatic nitrogens is 2. The molecule has 2 aromatic carbocycles. The van der Waals surface area contributed by atoms with Gasteiger partial charge in [-0.25, -0.2) is 13.8 Å². The van der Waals surface area contributed by atoms with Gasteiger partial charge < -0.3 is 9.47 Å². The number of carbonyl (C=O) groups is 1. The van der Waals surface area contributed by atoms with Gasteiger partial charge in [-0.1, -0.05) is 12.1 Å². The number of nitrogens with zero attached hydrogens (tertiary/aromatic N) is 3. The van der Waals surface area contributed by atoms with E-state index in [4.69, 9.17) is 4.98 Å². The van der Waals surface area contributed by atoms with E-state index >= 15 is 0 Å². The first-order valence-corrected chi connectivity index (χ1v) is 8.70. The molecule has 134 valence electrons. The summed E-state index contributed by atoms with van der Waals surface area (Å²) in [5.74, 6) is -1.14. The number of aryl methyl sites for hydroxylation is 1. The Hall–Kier alpha value is -2.76. The Morgan fingerprint density at radius 1 is 1.15 bits per heavy atom. The summed E-state index contributed by atoms with van der Waals surface area (Å²) in [6, 6.07) is 11.2. The fourth-order valence-corrected chi connectivity index (χ4v) is 3.71. The average Bonchev–Trinajstić information content (AvgIpc) is 3.00. The largest absolute Gasteiger partial charge is 0.338 e. The lowest BCUT2D eigenvalue weighted by Crippen LogP contribution is -2.39. The van der Waals surface area contributed by atoms with Crippen molar-refractivity contribution in [3.63, 3.8) is 0 Å². The molecule has 4 rings (SSSR count). The third kappa shape index (κ3) is 2.85. The van der Waals surface area contributed by atoms with E-state index in [0.29, 0.717) is 13.1 Å². The second-order valence-corrected chi connectivity index (χ2v) is 6.74. The third-order valence-electron chi connectivity index (χ3n) is 5.06. The number of hydrogen-bond donors (Lipinski definition) is 0. The summed E-state index contributed by atoms with van der Waals surface area (Å²) in [6.07, 6.45) is 1.79. The molecular formula is C20H19F2N3O. The van der Waals surface area contributed by atoms with E-state index in [-0.39, 0.29) is 17.4 Å². The van der Waals surface area contributed by atoms with Crippen LogP contribution in [-0.4, -0.2) is 33.4 Å². The average molecular weight is 355 g/mol. The van der Waals surface area contributed by atoms with Crippen LogP contribution in [0.1, 0.15) is 34.9 Å². The Balaban J connectivity index is 1.59. The van der Waals surface area contributed by atoms with Gasteiger partial charge in [0.1, 0.15) is 5.82 Å². The smallest absolute Gasteiger partial charge is 0.253 e. The molecule has 0 saturated carbocycles. The van der Waals surface area contributed by atoms with Gasteiger partial charge in [-0.05, 0) is 43.2 Å². The molecule has 0 radical (unpaired) electrons. The highest BCUT2D eigenvalue weighted by atomic mass is 19.2. The summed E-state index contributed by atoms with van der Waals surface area (Å²) < 4.78 is 28.7. The maximum atomic E-state index is 13.5. The summed E-state index contributed by atoms with van der Waals surface area (Å²) in [5.41, 5.74) is 2.18. The van der Waals surface area contributed by atoms with E-state index < -0.39 is 11.6 Å². The molecule has 2 heterocycles. The Morgan fingerprint density at radius 2 is 1.96 bits per heavy atom. The topological polar surface area (TPSA) is 38.1 Å². The van der Waals surface area contributed by atoms with Gasteiger partial charge in [0, 0.05) is 31.6 Å². The molecule has 3 aromatic rings. The minimum absolute atomic E-state index is 0.121. The fourth-order valence-electron chi connectivity index (χ4n) is 3.71. The van der Waals surface area contributed by atoms with E-state index in [1.165, 1.54) is 6.07 Å². The van der Waals surface area contributed by atoms with Gasteiger partial charge in [-0.15, -0.1) is 0 Å². The molecule has 1 amide bonds. The predicted molar refractivity (Wildman–Crippen MR) is 95.0 cm³/mol. The van der Waals surface area contributed by atoms with Crippen molar-refractivity contribution in [2.75, 3.05) is 13.1 Å². The highest BCUT2D eigenvalue weighted by Crippen LogP contribution is 2.29. The molecule has 1 aliphatic heterocycles. The number of rotatable bonds is 2. The number of hydrogen-bond acceptors (Lipinski definition) is 2. The van der Waals surface area contributed by atoms with Gasteiger partial charge in [-0.2, -0.15) is 0 Å². The minimum Gasteiger partial charge on any atom is -0.338 e. The normalized spacial score (nSPS) is 17.7. The molecule has 26 heavy (non-hydrogen) atoms. The molecule has 1 fully saturated rings. The number of fused-ring (bicyclic) bond motifs is 1. The van der Waals surface area contributed by atoms with Crippen LogP contribution in [0, 0.1) is 11.6 Å². The Morgan fingerprint density at radius 3 is 2.73 bits per heavy atom. The van der Waals surface area contributed by atoms with E-state index in [9.17, 15) is 13.6 Å². The molecule has 1 aliphatic rings. The summed E-state index contributed by atoms with van der Waals surface area (Å²) >= 11 is 0. The van der Waals surface area contributed by atoms with Crippen molar-refractivity contribution >= 4 is 16.9 Å². The van der Waals surface area contributed by atoms with Gasteiger partial charge in [-0.3, -0.25) is 4.79 Å². The van der Waals surface area contributed by atoms with Crippen LogP contribution in [0.5, 0.6) is 0 Å². The molecule has 0 bridgehead atoms. The monoisotopic (exact) mass is 355 g/mol. The number of carbonyl (C=O) groups excluding carboxylic acids is 1. The SMILES string of the molecule is Cn1c(C2CCCN(C(=O)c3ccc(F)c(F)c3)C2)nc2ccccc21. The maximum Gasteiger partial charge on any atom is 0.253 e. The molecule has 0 aliphatic carbocycles. The van der Waals surface area contributed by atoms with Crippen molar-refractivity contribution in [1.82, 2.24) is 14.5 Å². The predicted octanol–water partition coefficient (Wildman–Crippen LogP) is 3.87. The van der Waals surface area contributed by atoms with Crippen LogP contribution in [0.25, 0.3) is 11.0 Å². The number of halogens is 2. The third-order valence-corrected chi connectivity index (χ3v) is 5.06. The Kier molecular flexibility index (Phi) is 4.18. The zero-order valence-electron chi connectivity index (χ0n) is 14.5. The number of benzene rings is 2. The number of piperidine rings is 1.